The molecule has 4 aromatic rings. The summed E-state index contributed by atoms with van der Waals surface area (Å²) in [5, 5.41) is 16.4. The van der Waals surface area contributed by atoms with Crippen LogP contribution in [0.2, 0.25) is 5.02 Å². The number of aromatic nitrogens is 6. The van der Waals surface area contributed by atoms with Gasteiger partial charge in [-0.1, -0.05) is 40.7 Å². The number of thioether (sulfide) groups is 1. The quantitative estimate of drug-likeness (QED) is 0.481. The number of rotatable bonds is 5. The van der Waals surface area contributed by atoms with E-state index in [0.717, 1.165) is 5.56 Å². The lowest BCUT2D eigenvalue weighted by atomic mass is 10.2. The van der Waals surface area contributed by atoms with Crippen molar-refractivity contribution in [2.24, 2.45) is 0 Å². The largest absolute Gasteiger partial charge is 0.338 e. The third kappa shape index (κ3) is 3.44. The van der Waals surface area contributed by atoms with Crippen LogP contribution in [0, 0.1) is 5.82 Å². The third-order valence-corrected chi connectivity index (χ3v) is 4.57. The summed E-state index contributed by atoms with van der Waals surface area (Å²) < 4.78 is 20.5. The maximum atomic E-state index is 13.9. The van der Waals surface area contributed by atoms with Gasteiger partial charge in [0, 0.05) is 10.6 Å². The molecule has 7 nitrogen and oxygen atoms in total. The van der Waals surface area contributed by atoms with Crippen LogP contribution >= 0.6 is 23.4 Å². The molecule has 0 unspecified atom stereocenters. The van der Waals surface area contributed by atoms with Gasteiger partial charge >= 0.3 is 0 Å². The highest BCUT2D eigenvalue weighted by Crippen LogP contribution is 2.24. The number of hydrogen-bond acceptors (Lipinski definition) is 7. The molecule has 0 saturated carbocycles. The van der Waals surface area contributed by atoms with Gasteiger partial charge in [-0.15, -0.1) is 5.10 Å². The highest BCUT2D eigenvalue weighted by molar-refractivity contribution is 7.98. The van der Waals surface area contributed by atoms with E-state index in [0.29, 0.717) is 27.6 Å². The van der Waals surface area contributed by atoms with Crippen LogP contribution < -0.4 is 0 Å². The van der Waals surface area contributed by atoms with Gasteiger partial charge < -0.3 is 4.52 Å². The maximum absolute atomic E-state index is 13.9. The van der Waals surface area contributed by atoms with Gasteiger partial charge in [-0.3, -0.25) is 0 Å². The van der Waals surface area contributed by atoms with Crippen molar-refractivity contribution in [1.82, 2.24) is 30.3 Å². The predicted octanol–water partition coefficient (Wildman–Crippen LogP) is 3.80. The van der Waals surface area contributed by atoms with Crippen LogP contribution in [0.5, 0.6) is 0 Å². The first-order valence-corrected chi connectivity index (χ1v) is 8.81. The number of nitrogens with zero attached hydrogens (tertiary/aromatic N) is 6. The van der Waals surface area contributed by atoms with Crippen LogP contribution in [0.4, 0.5) is 4.39 Å². The Bertz CT molecular complexity index is 1040. The molecule has 0 atom stereocenters. The first kappa shape index (κ1) is 16.7. The van der Waals surface area contributed by atoms with E-state index in [4.69, 9.17) is 16.1 Å². The summed E-state index contributed by atoms with van der Waals surface area (Å²) in [6.07, 6.45) is 0. The Balaban J connectivity index is 1.50. The standard InChI is InChI=1S/C16H10ClFN6OS/c17-11-7-5-10(6-8-11)15-19-14(25-21-15)9-26-16-20-22-23-24(16)13-4-2-1-3-12(13)18/h1-8H,9H2. The number of hydrogen-bond donors (Lipinski definition) is 0. The van der Waals surface area contributed by atoms with Crippen LogP contribution in [0.3, 0.4) is 0 Å². The first-order valence-electron chi connectivity index (χ1n) is 7.45. The molecular weight excluding hydrogens is 379 g/mol. The topological polar surface area (TPSA) is 82.5 Å². The normalized spacial score (nSPS) is 11.0. The lowest BCUT2D eigenvalue weighted by Crippen LogP contribution is -2.01. The minimum atomic E-state index is -0.413. The summed E-state index contributed by atoms with van der Waals surface area (Å²) in [5.41, 5.74) is 1.07. The summed E-state index contributed by atoms with van der Waals surface area (Å²) in [7, 11) is 0. The van der Waals surface area contributed by atoms with Crippen molar-refractivity contribution < 1.29 is 8.91 Å². The van der Waals surface area contributed by atoms with Crippen molar-refractivity contribution in [1.29, 1.82) is 0 Å². The molecule has 130 valence electrons. The molecular formula is C16H10ClFN6OS. The average molecular weight is 389 g/mol. The Morgan fingerprint density at radius 2 is 1.92 bits per heavy atom. The van der Waals surface area contributed by atoms with E-state index >= 15 is 0 Å². The predicted molar refractivity (Wildman–Crippen MR) is 93.4 cm³/mol. The lowest BCUT2D eigenvalue weighted by Gasteiger charge is -2.03. The van der Waals surface area contributed by atoms with Crippen LogP contribution in [0.15, 0.2) is 58.2 Å². The van der Waals surface area contributed by atoms with Gasteiger partial charge in [0.2, 0.25) is 16.9 Å². The molecule has 0 aliphatic carbocycles. The average Bonchev–Trinajstić information content (AvgIpc) is 3.30. The van der Waals surface area contributed by atoms with Crippen molar-refractivity contribution in [2.45, 2.75) is 10.9 Å². The second kappa shape index (κ2) is 7.22. The van der Waals surface area contributed by atoms with Crippen molar-refractivity contribution >= 4 is 23.4 Å². The van der Waals surface area contributed by atoms with Crippen LogP contribution in [-0.2, 0) is 5.75 Å². The van der Waals surface area contributed by atoms with Crippen LogP contribution in [-0.4, -0.2) is 30.3 Å². The maximum Gasteiger partial charge on any atom is 0.237 e. The second-order valence-electron chi connectivity index (χ2n) is 5.13. The van der Waals surface area contributed by atoms with E-state index in [-0.39, 0.29) is 5.69 Å². The number of para-hydroxylation sites is 1. The molecule has 0 spiro atoms. The molecule has 0 aliphatic heterocycles. The van der Waals surface area contributed by atoms with Crippen molar-refractivity contribution in [2.75, 3.05) is 0 Å². The number of halogens is 2. The molecule has 26 heavy (non-hydrogen) atoms. The Morgan fingerprint density at radius 1 is 1.12 bits per heavy atom. The molecule has 2 heterocycles. The van der Waals surface area contributed by atoms with E-state index in [2.05, 4.69) is 25.7 Å². The van der Waals surface area contributed by atoms with Gasteiger partial charge in [-0.2, -0.15) is 9.67 Å². The Hall–Kier alpha value is -2.78. The molecule has 0 aliphatic rings. The van der Waals surface area contributed by atoms with Crippen molar-refractivity contribution in [3.8, 4) is 17.1 Å². The Labute approximate surface area is 156 Å². The summed E-state index contributed by atoms with van der Waals surface area (Å²) in [4.78, 5) is 4.34. The number of benzene rings is 2. The van der Waals surface area contributed by atoms with E-state index in [1.54, 1.807) is 30.3 Å². The van der Waals surface area contributed by atoms with Gasteiger partial charge in [0.15, 0.2) is 0 Å². The molecule has 0 fully saturated rings. The van der Waals surface area contributed by atoms with E-state index in [1.807, 2.05) is 12.1 Å². The van der Waals surface area contributed by atoms with E-state index < -0.39 is 5.82 Å². The molecule has 2 aromatic carbocycles. The van der Waals surface area contributed by atoms with Crippen molar-refractivity contribution in [3.05, 3.63) is 65.3 Å². The molecule has 0 radical (unpaired) electrons. The van der Waals surface area contributed by atoms with Crippen molar-refractivity contribution in [3.63, 3.8) is 0 Å². The summed E-state index contributed by atoms with van der Waals surface area (Å²) in [6.45, 7) is 0. The van der Waals surface area contributed by atoms with Gasteiger partial charge in [0.25, 0.3) is 0 Å². The van der Waals surface area contributed by atoms with Gasteiger partial charge in [0.1, 0.15) is 11.5 Å². The van der Waals surface area contributed by atoms with Crippen LogP contribution in [0.1, 0.15) is 5.89 Å². The Kier molecular flexibility index (Phi) is 4.63. The molecule has 0 amide bonds. The van der Waals surface area contributed by atoms with Crippen LogP contribution in [0.25, 0.3) is 17.1 Å². The zero-order valence-corrected chi connectivity index (χ0v) is 14.7. The van der Waals surface area contributed by atoms with Gasteiger partial charge in [0.05, 0.1) is 5.75 Å². The molecule has 0 bridgehead atoms. The highest BCUT2D eigenvalue weighted by atomic mass is 35.5. The van der Waals surface area contributed by atoms with E-state index in [1.165, 1.54) is 22.5 Å². The fourth-order valence-electron chi connectivity index (χ4n) is 2.20. The minimum Gasteiger partial charge on any atom is -0.338 e. The number of tetrazole rings is 1. The smallest absolute Gasteiger partial charge is 0.237 e. The molecule has 0 N–H and O–H groups in total. The fourth-order valence-corrected chi connectivity index (χ4v) is 3.05. The van der Waals surface area contributed by atoms with E-state index in [9.17, 15) is 4.39 Å². The lowest BCUT2D eigenvalue weighted by molar-refractivity contribution is 0.391. The zero-order chi connectivity index (χ0) is 17.9. The monoisotopic (exact) mass is 388 g/mol. The minimum absolute atomic E-state index is 0.271. The Morgan fingerprint density at radius 3 is 2.73 bits per heavy atom. The highest BCUT2D eigenvalue weighted by Gasteiger charge is 2.15. The molecule has 2 aromatic heterocycles. The SMILES string of the molecule is Fc1ccccc1-n1nnnc1SCc1nc(-c2ccc(Cl)cc2)no1. The van der Waals surface area contributed by atoms with Gasteiger partial charge in [-0.25, -0.2) is 4.39 Å². The zero-order valence-electron chi connectivity index (χ0n) is 13.1. The summed E-state index contributed by atoms with van der Waals surface area (Å²) in [5.74, 6) is 0.800. The fraction of sp³-hybridized carbons (Fsp3) is 0.0625. The molecule has 4 rings (SSSR count). The molecule has 10 heteroatoms. The van der Waals surface area contributed by atoms with Gasteiger partial charge in [-0.05, 0) is 46.8 Å². The second-order valence-corrected chi connectivity index (χ2v) is 6.51. The summed E-state index contributed by atoms with van der Waals surface area (Å²) >= 11 is 7.14. The first-order chi connectivity index (χ1) is 12.7. The molecule has 0 saturated heterocycles. The summed E-state index contributed by atoms with van der Waals surface area (Å²) in [6, 6.07) is 13.4. The third-order valence-electron chi connectivity index (χ3n) is 3.42.